The van der Waals surface area contributed by atoms with E-state index in [-0.39, 0.29) is 0 Å². The summed E-state index contributed by atoms with van der Waals surface area (Å²) in [4.78, 5) is 13.7. The van der Waals surface area contributed by atoms with E-state index in [0.717, 1.165) is 39.3 Å². The van der Waals surface area contributed by atoms with Gasteiger partial charge in [-0.25, -0.2) is 4.98 Å². The van der Waals surface area contributed by atoms with Crippen LogP contribution in [-0.4, -0.2) is 19.5 Å². The van der Waals surface area contributed by atoms with Crippen LogP contribution in [0, 0.1) is 0 Å². The molecule has 0 amide bonds. The molecule has 0 aliphatic carbocycles. The highest BCUT2D eigenvalue weighted by atomic mass is 32.1. The Balaban J connectivity index is 1.21. The largest absolute Gasteiger partial charge is 0.308 e. The van der Waals surface area contributed by atoms with Gasteiger partial charge in [-0.1, -0.05) is 72.8 Å². The molecular weight excluding hydrogens is 605 g/mol. The summed E-state index contributed by atoms with van der Waals surface area (Å²) in [7, 11) is 0. The summed E-state index contributed by atoms with van der Waals surface area (Å²) in [5.41, 5.74) is 9.53. The van der Waals surface area contributed by atoms with Crippen molar-refractivity contribution in [2.24, 2.45) is 0 Å². The van der Waals surface area contributed by atoms with E-state index in [9.17, 15) is 0 Å². The maximum atomic E-state index is 5.01. The number of pyridine rings is 3. The predicted molar refractivity (Wildman–Crippen MR) is 201 cm³/mol. The molecule has 0 saturated heterocycles. The van der Waals surface area contributed by atoms with E-state index in [0.29, 0.717) is 0 Å². The van der Waals surface area contributed by atoms with Gasteiger partial charge in [-0.2, -0.15) is 0 Å². The molecule has 0 fully saturated rings. The second-order valence-electron chi connectivity index (χ2n) is 12.1. The molecule has 0 N–H and O–H groups in total. The molecule has 10 aromatic rings. The summed E-state index contributed by atoms with van der Waals surface area (Å²) in [5, 5.41) is 7.82. The van der Waals surface area contributed by atoms with Crippen molar-refractivity contribution in [3.05, 3.63) is 158 Å². The lowest BCUT2D eigenvalue weighted by Gasteiger charge is -2.13. The van der Waals surface area contributed by atoms with Crippen molar-refractivity contribution in [3.8, 4) is 39.3 Å². The van der Waals surface area contributed by atoms with Crippen molar-refractivity contribution in [1.29, 1.82) is 0 Å². The van der Waals surface area contributed by atoms with Crippen molar-refractivity contribution in [2.75, 3.05) is 0 Å². The molecule has 0 radical (unpaired) electrons. The van der Waals surface area contributed by atoms with Crippen LogP contribution in [-0.2, 0) is 0 Å². The average molecular weight is 631 g/mol. The number of aromatic nitrogens is 4. The summed E-state index contributed by atoms with van der Waals surface area (Å²) in [5.74, 6) is 0. The van der Waals surface area contributed by atoms with E-state index in [1.807, 2.05) is 35.9 Å². The van der Waals surface area contributed by atoms with Gasteiger partial charge in [-0.3, -0.25) is 9.97 Å². The number of fused-ring (bicyclic) bond motifs is 10. The first-order chi connectivity index (χ1) is 23.8. The summed E-state index contributed by atoms with van der Waals surface area (Å²) in [6.45, 7) is 0. The van der Waals surface area contributed by atoms with Crippen LogP contribution in [0.15, 0.2) is 158 Å². The first kappa shape index (κ1) is 27.0. The van der Waals surface area contributed by atoms with Gasteiger partial charge in [-0.05, 0) is 82.6 Å². The van der Waals surface area contributed by atoms with Gasteiger partial charge in [0.25, 0.3) is 0 Å². The minimum atomic E-state index is 0.880. The minimum absolute atomic E-state index is 0.880. The van der Waals surface area contributed by atoms with E-state index < -0.39 is 0 Å². The lowest BCUT2D eigenvalue weighted by atomic mass is 9.99. The molecule has 224 valence electrons. The van der Waals surface area contributed by atoms with Gasteiger partial charge < -0.3 is 4.57 Å². The van der Waals surface area contributed by atoms with E-state index >= 15 is 0 Å². The number of nitrogens with zero attached hydrogens (tertiary/aromatic N) is 4. The fourth-order valence-electron chi connectivity index (χ4n) is 7.22. The Morgan fingerprint density at radius 2 is 1.08 bits per heavy atom. The van der Waals surface area contributed by atoms with E-state index in [1.54, 1.807) is 12.4 Å². The molecule has 0 unspecified atom stereocenters. The number of hydrogen-bond acceptors (Lipinski definition) is 4. The third kappa shape index (κ3) is 4.11. The lowest BCUT2D eigenvalue weighted by molar-refractivity contribution is 1.19. The molecule has 0 atom stereocenters. The standard InChI is InChI=1S/C43H26N4S/c1-2-12-33-32(11-1)40-34-13-3-5-15-38(34)47(42(40)43-41(33)35-14-4-6-16-39(35)48-43)31-19-17-27(18-20-31)30-23-36(28-9-7-21-44-25-28)46-37(24-30)29-10-8-22-45-26-29/h1-26H. The highest BCUT2D eigenvalue weighted by molar-refractivity contribution is 7.27. The fourth-order valence-corrected chi connectivity index (χ4v) is 8.48. The third-order valence-corrected chi connectivity index (χ3v) is 10.5. The highest BCUT2D eigenvalue weighted by Crippen LogP contribution is 2.47. The average Bonchev–Trinajstić information content (AvgIpc) is 3.73. The Labute approximate surface area is 280 Å². The van der Waals surface area contributed by atoms with Crippen LogP contribution in [0.1, 0.15) is 0 Å². The smallest absolute Gasteiger partial charge is 0.0731 e. The maximum absolute atomic E-state index is 5.01. The quantitative estimate of drug-likeness (QED) is 0.194. The Morgan fingerprint density at radius 1 is 0.479 bits per heavy atom. The third-order valence-electron chi connectivity index (χ3n) is 9.35. The van der Waals surface area contributed by atoms with Crippen LogP contribution in [0.25, 0.3) is 92.1 Å². The van der Waals surface area contributed by atoms with E-state index in [2.05, 4.69) is 136 Å². The van der Waals surface area contributed by atoms with Crippen molar-refractivity contribution < 1.29 is 0 Å². The molecule has 5 heteroatoms. The zero-order valence-corrected chi connectivity index (χ0v) is 26.5. The van der Waals surface area contributed by atoms with Crippen LogP contribution in [0.5, 0.6) is 0 Å². The van der Waals surface area contributed by atoms with Crippen LogP contribution in [0.3, 0.4) is 0 Å². The molecule has 0 bridgehead atoms. The Bertz CT molecular complexity index is 2760. The van der Waals surface area contributed by atoms with Gasteiger partial charge in [0.15, 0.2) is 0 Å². The van der Waals surface area contributed by atoms with Gasteiger partial charge in [-0.15, -0.1) is 11.3 Å². The van der Waals surface area contributed by atoms with Crippen molar-refractivity contribution in [3.63, 3.8) is 0 Å². The van der Waals surface area contributed by atoms with E-state index in [4.69, 9.17) is 4.98 Å². The number of rotatable bonds is 4. The molecule has 0 aliphatic rings. The Morgan fingerprint density at radius 3 is 1.75 bits per heavy atom. The first-order valence-electron chi connectivity index (χ1n) is 16.0. The lowest BCUT2D eigenvalue weighted by Crippen LogP contribution is -1.95. The predicted octanol–water partition coefficient (Wildman–Crippen LogP) is 11.5. The van der Waals surface area contributed by atoms with Crippen LogP contribution >= 0.6 is 11.3 Å². The maximum Gasteiger partial charge on any atom is 0.0731 e. The van der Waals surface area contributed by atoms with Crippen molar-refractivity contribution >= 4 is 64.1 Å². The van der Waals surface area contributed by atoms with Gasteiger partial charge >= 0.3 is 0 Å². The zero-order valence-electron chi connectivity index (χ0n) is 25.7. The first-order valence-corrected chi connectivity index (χ1v) is 16.8. The van der Waals surface area contributed by atoms with E-state index in [1.165, 1.54) is 52.8 Å². The monoisotopic (exact) mass is 630 g/mol. The molecule has 48 heavy (non-hydrogen) atoms. The topological polar surface area (TPSA) is 43.6 Å². The van der Waals surface area contributed by atoms with Crippen molar-refractivity contribution in [2.45, 2.75) is 0 Å². The SMILES string of the molecule is c1cncc(-c2cc(-c3ccc(-n4c5ccccc5c5c6ccccc6c6c7ccccc7sc6c54)cc3)cc(-c3cccnc3)n2)c1. The van der Waals surface area contributed by atoms with Crippen LogP contribution in [0.2, 0.25) is 0 Å². The molecule has 4 nitrogen and oxygen atoms in total. The molecule has 5 aromatic carbocycles. The fraction of sp³-hybridized carbons (Fsp3) is 0. The van der Waals surface area contributed by atoms with Gasteiger partial charge in [0.2, 0.25) is 0 Å². The summed E-state index contributed by atoms with van der Waals surface area (Å²) in [6, 6.07) is 47.8. The molecule has 10 rings (SSSR count). The summed E-state index contributed by atoms with van der Waals surface area (Å²) < 4.78 is 5.10. The second kappa shape index (κ2) is 10.7. The Kier molecular flexibility index (Phi) is 6.01. The Hall–Kier alpha value is -6.17. The minimum Gasteiger partial charge on any atom is -0.308 e. The van der Waals surface area contributed by atoms with Crippen LogP contribution in [0.4, 0.5) is 0 Å². The highest BCUT2D eigenvalue weighted by Gasteiger charge is 2.21. The summed E-state index contributed by atoms with van der Waals surface area (Å²) in [6.07, 6.45) is 7.31. The number of hydrogen-bond donors (Lipinski definition) is 0. The molecule has 0 aliphatic heterocycles. The molecule has 5 aromatic heterocycles. The molecule has 0 spiro atoms. The van der Waals surface area contributed by atoms with Crippen LogP contribution < -0.4 is 0 Å². The molecule has 5 heterocycles. The number of benzene rings is 5. The van der Waals surface area contributed by atoms with Gasteiger partial charge in [0, 0.05) is 67.8 Å². The normalized spacial score (nSPS) is 11.8. The molecule has 0 saturated carbocycles. The number of thiophene rings is 1. The second-order valence-corrected chi connectivity index (χ2v) is 13.1. The van der Waals surface area contributed by atoms with Crippen molar-refractivity contribution in [1.82, 2.24) is 19.5 Å². The van der Waals surface area contributed by atoms with Gasteiger partial charge in [0.05, 0.1) is 27.1 Å². The number of para-hydroxylation sites is 1. The summed E-state index contributed by atoms with van der Waals surface area (Å²) >= 11 is 1.89. The van der Waals surface area contributed by atoms with Gasteiger partial charge in [0.1, 0.15) is 0 Å². The molecular formula is C43H26N4S. The zero-order chi connectivity index (χ0) is 31.6.